The highest BCUT2D eigenvalue weighted by Gasteiger charge is 2.08. The minimum Gasteiger partial charge on any atom is -0.154 e. The molecule has 0 aliphatic rings. The maximum atomic E-state index is 2.31. The van der Waals surface area contributed by atoms with E-state index in [1.807, 2.05) is 11.8 Å². The molecule has 0 aliphatic heterocycles. The first-order valence-corrected chi connectivity index (χ1v) is 6.97. The van der Waals surface area contributed by atoms with Crippen LogP contribution in [0.1, 0.15) is 31.1 Å². The molecule has 16 heavy (non-hydrogen) atoms. The maximum Gasteiger partial charge on any atom is 0.0275 e. The van der Waals surface area contributed by atoms with Crippen LogP contribution in [0.15, 0.2) is 42.5 Å². The largest absolute Gasteiger partial charge is 0.154 e. The van der Waals surface area contributed by atoms with Crippen molar-refractivity contribution in [3.05, 3.63) is 48.0 Å². The summed E-state index contributed by atoms with van der Waals surface area (Å²) in [5.74, 6) is 1.24. The number of rotatable bonds is 4. The molecule has 2 aromatic rings. The highest BCUT2D eigenvalue weighted by molar-refractivity contribution is 7.99. The molecule has 2 rings (SSSR count). The molecule has 0 amide bonds. The predicted octanol–water partition coefficient (Wildman–Crippen LogP) is 5.04. The molecule has 1 atom stereocenters. The Morgan fingerprint density at radius 3 is 2.62 bits per heavy atom. The van der Waals surface area contributed by atoms with Gasteiger partial charge in [-0.05, 0) is 35.4 Å². The summed E-state index contributed by atoms with van der Waals surface area (Å²) < 4.78 is 0. The van der Waals surface area contributed by atoms with Crippen LogP contribution in [-0.2, 0) is 0 Å². The maximum absolute atomic E-state index is 2.31. The van der Waals surface area contributed by atoms with Gasteiger partial charge in [0.1, 0.15) is 0 Å². The summed E-state index contributed by atoms with van der Waals surface area (Å²) >= 11 is 2.04. The minimum absolute atomic E-state index is 0.589. The van der Waals surface area contributed by atoms with Gasteiger partial charge < -0.3 is 0 Å². The Kier molecular flexibility index (Phi) is 3.89. The Bertz CT molecular complexity index is 456. The van der Waals surface area contributed by atoms with Gasteiger partial charge >= 0.3 is 0 Å². The SMILES string of the molecule is CCCSC(C)c1cccc2ccccc12. The predicted molar refractivity (Wildman–Crippen MR) is 75.1 cm³/mol. The highest BCUT2D eigenvalue weighted by Crippen LogP contribution is 2.33. The number of thioether (sulfide) groups is 1. The summed E-state index contributed by atoms with van der Waals surface area (Å²) in [6.45, 7) is 4.55. The topological polar surface area (TPSA) is 0 Å². The summed E-state index contributed by atoms with van der Waals surface area (Å²) in [6.07, 6.45) is 1.25. The molecule has 0 bridgehead atoms. The first-order chi connectivity index (χ1) is 7.83. The van der Waals surface area contributed by atoms with Crippen molar-refractivity contribution in [2.45, 2.75) is 25.5 Å². The van der Waals surface area contributed by atoms with Gasteiger partial charge in [-0.2, -0.15) is 11.8 Å². The molecule has 84 valence electrons. The van der Waals surface area contributed by atoms with E-state index in [0.29, 0.717) is 5.25 Å². The average Bonchev–Trinajstić information content (AvgIpc) is 2.35. The third-order valence-electron chi connectivity index (χ3n) is 2.83. The van der Waals surface area contributed by atoms with Gasteiger partial charge in [0.2, 0.25) is 0 Å². The van der Waals surface area contributed by atoms with Gasteiger partial charge in [-0.1, -0.05) is 49.4 Å². The zero-order valence-electron chi connectivity index (χ0n) is 9.94. The molecule has 0 heterocycles. The number of fused-ring (bicyclic) bond motifs is 1. The van der Waals surface area contributed by atoms with E-state index in [1.54, 1.807) is 0 Å². The Labute approximate surface area is 102 Å². The lowest BCUT2D eigenvalue weighted by Crippen LogP contribution is -1.91. The average molecular weight is 230 g/mol. The van der Waals surface area contributed by atoms with Crippen LogP contribution in [0.4, 0.5) is 0 Å². The Morgan fingerprint density at radius 2 is 1.81 bits per heavy atom. The second-order valence-corrected chi connectivity index (χ2v) is 5.53. The molecule has 0 saturated carbocycles. The van der Waals surface area contributed by atoms with Gasteiger partial charge in [0.15, 0.2) is 0 Å². The molecule has 1 heteroatoms. The molecule has 0 nitrogen and oxygen atoms in total. The molecule has 0 fully saturated rings. The number of benzene rings is 2. The quantitative estimate of drug-likeness (QED) is 0.708. The van der Waals surface area contributed by atoms with Gasteiger partial charge in [0.05, 0.1) is 0 Å². The van der Waals surface area contributed by atoms with Gasteiger partial charge in [0, 0.05) is 5.25 Å². The lowest BCUT2D eigenvalue weighted by Gasteiger charge is -2.13. The minimum atomic E-state index is 0.589. The van der Waals surface area contributed by atoms with E-state index in [9.17, 15) is 0 Å². The van der Waals surface area contributed by atoms with Crippen molar-refractivity contribution >= 4 is 22.5 Å². The fourth-order valence-corrected chi connectivity index (χ4v) is 2.96. The van der Waals surface area contributed by atoms with Crippen molar-refractivity contribution in [1.82, 2.24) is 0 Å². The van der Waals surface area contributed by atoms with Crippen molar-refractivity contribution in [1.29, 1.82) is 0 Å². The van der Waals surface area contributed by atoms with Crippen LogP contribution in [0.25, 0.3) is 10.8 Å². The van der Waals surface area contributed by atoms with E-state index in [-0.39, 0.29) is 0 Å². The Hall–Kier alpha value is -0.950. The van der Waals surface area contributed by atoms with E-state index in [1.165, 1.54) is 28.5 Å². The second kappa shape index (κ2) is 5.40. The zero-order chi connectivity index (χ0) is 11.4. The van der Waals surface area contributed by atoms with Crippen molar-refractivity contribution < 1.29 is 0 Å². The molecular weight excluding hydrogens is 212 g/mol. The summed E-state index contributed by atoms with van der Waals surface area (Å²) in [6, 6.07) is 15.3. The van der Waals surface area contributed by atoms with E-state index in [2.05, 4.69) is 56.3 Å². The van der Waals surface area contributed by atoms with Crippen LogP contribution >= 0.6 is 11.8 Å². The summed E-state index contributed by atoms with van der Waals surface area (Å²) in [7, 11) is 0. The van der Waals surface area contributed by atoms with Crippen molar-refractivity contribution in [2.75, 3.05) is 5.75 Å². The first-order valence-electron chi connectivity index (χ1n) is 5.92. The summed E-state index contributed by atoms with van der Waals surface area (Å²) in [5, 5.41) is 3.34. The molecular formula is C15H18S. The van der Waals surface area contributed by atoms with E-state index >= 15 is 0 Å². The van der Waals surface area contributed by atoms with Gasteiger partial charge in [-0.15, -0.1) is 0 Å². The van der Waals surface area contributed by atoms with Gasteiger partial charge in [0.25, 0.3) is 0 Å². The van der Waals surface area contributed by atoms with Crippen LogP contribution in [0.5, 0.6) is 0 Å². The number of hydrogen-bond donors (Lipinski definition) is 0. The van der Waals surface area contributed by atoms with Crippen LogP contribution in [-0.4, -0.2) is 5.75 Å². The van der Waals surface area contributed by atoms with Crippen LogP contribution in [0.3, 0.4) is 0 Å². The molecule has 0 saturated heterocycles. The standard InChI is InChI=1S/C15H18S/c1-3-11-16-12(2)14-10-6-8-13-7-4-5-9-15(13)14/h4-10,12H,3,11H2,1-2H3. The molecule has 0 N–H and O–H groups in total. The fourth-order valence-electron chi connectivity index (χ4n) is 1.99. The van der Waals surface area contributed by atoms with Crippen LogP contribution < -0.4 is 0 Å². The van der Waals surface area contributed by atoms with Crippen LogP contribution in [0.2, 0.25) is 0 Å². The molecule has 0 radical (unpaired) electrons. The molecule has 0 aliphatic carbocycles. The molecule has 1 unspecified atom stereocenters. The highest BCUT2D eigenvalue weighted by atomic mass is 32.2. The third-order valence-corrected chi connectivity index (χ3v) is 4.23. The molecule has 2 aromatic carbocycles. The zero-order valence-corrected chi connectivity index (χ0v) is 10.8. The lowest BCUT2D eigenvalue weighted by atomic mass is 10.0. The molecule has 0 spiro atoms. The fraction of sp³-hybridized carbons (Fsp3) is 0.333. The smallest absolute Gasteiger partial charge is 0.0275 e. The second-order valence-electron chi connectivity index (χ2n) is 4.08. The first kappa shape index (κ1) is 11.5. The third kappa shape index (κ3) is 2.41. The van der Waals surface area contributed by atoms with Gasteiger partial charge in [-0.25, -0.2) is 0 Å². The summed E-state index contributed by atoms with van der Waals surface area (Å²) in [4.78, 5) is 0. The summed E-state index contributed by atoms with van der Waals surface area (Å²) in [5.41, 5.74) is 1.47. The lowest BCUT2D eigenvalue weighted by molar-refractivity contribution is 1.07. The number of hydrogen-bond acceptors (Lipinski definition) is 1. The Morgan fingerprint density at radius 1 is 1.06 bits per heavy atom. The normalized spacial score (nSPS) is 12.9. The van der Waals surface area contributed by atoms with Crippen molar-refractivity contribution in [3.63, 3.8) is 0 Å². The Balaban J connectivity index is 2.36. The van der Waals surface area contributed by atoms with Crippen molar-refractivity contribution in [3.8, 4) is 0 Å². The van der Waals surface area contributed by atoms with Crippen molar-refractivity contribution in [2.24, 2.45) is 0 Å². The molecule has 0 aromatic heterocycles. The van der Waals surface area contributed by atoms with Gasteiger partial charge in [-0.3, -0.25) is 0 Å². The van der Waals surface area contributed by atoms with E-state index in [0.717, 1.165) is 0 Å². The van der Waals surface area contributed by atoms with E-state index < -0.39 is 0 Å². The van der Waals surface area contributed by atoms with E-state index in [4.69, 9.17) is 0 Å². The van der Waals surface area contributed by atoms with Crippen LogP contribution in [0, 0.1) is 0 Å². The monoisotopic (exact) mass is 230 g/mol.